The van der Waals surface area contributed by atoms with Crippen molar-refractivity contribution in [3.63, 3.8) is 0 Å². The smallest absolute Gasteiger partial charge is 0.245 e. The fourth-order valence-corrected chi connectivity index (χ4v) is 1.93. The third-order valence-electron chi connectivity index (χ3n) is 3.11. The van der Waals surface area contributed by atoms with Gasteiger partial charge < -0.3 is 20.5 Å². The maximum atomic E-state index is 12.2. The van der Waals surface area contributed by atoms with E-state index < -0.39 is 6.04 Å². The first kappa shape index (κ1) is 14.9. The topological polar surface area (TPSA) is 73.6 Å². The van der Waals surface area contributed by atoms with E-state index in [-0.39, 0.29) is 5.91 Å². The highest BCUT2D eigenvalue weighted by molar-refractivity contribution is 5.96. The van der Waals surface area contributed by atoms with Crippen molar-refractivity contribution >= 4 is 11.6 Å². The van der Waals surface area contributed by atoms with Crippen LogP contribution in [0.4, 0.5) is 5.69 Å². The predicted molar refractivity (Wildman–Crippen MR) is 81.5 cm³/mol. The number of rotatable bonds is 5. The van der Waals surface area contributed by atoms with Crippen molar-refractivity contribution in [2.45, 2.75) is 6.04 Å². The fourth-order valence-electron chi connectivity index (χ4n) is 1.93. The molecule has 2 aromatic rings. The average molecular weight is 286 g/mol. The number of benzene rings is 2. The lowest BCUT2D eigenvalue weighted by atomic mass is 10.1. The van der Waals surface area contributed by atoms with E-state index in [2.05, 4.69) is 5.32 Å². The standard InChI is InChI=1S/C16H18N2O3/c1-20-12-8-9-14(21-2)13(10-12)18-16(19)15(17)11-6-4-3-5-7-11/h3-10,15H,17H2,1-2H3,(H,18,19)/t15-/m0/s1. The van der Waals surface area contributed by atoms with Gasteiger partial charge in [-0.15, -0.1) is 0 Å². The van der Waals surface area contributed by atoms with Gasteiger partial charge in [0, 0.05) is 6.07 Å². The zero-order chi connectivity index (χ0) is 15.2. The van der Waals surface area contributed by atoms with Crippen molar-refractivity contribution in [2.75, 3.05) is 19.5 Å². The Labute approximate surface area is 123 Å². The number of nitrogens with one attached hydrogen (secondary N) is 1. The molecule has 0 aliphatic carbocycles. The number of nitrogens with two attached hydrogens (primary N) is 1. The zero-order valence-corrected chi connectivity index (χ0v) is 12.0. The maximum absolute atomic E-state index is 12.2. The van der Waals surface area contributed by atoms with Crippen molar-refractivity contribution in [2.24, 2.45) is 5.73 Å². The molecule has 2 aromatic carbocycles. The highest BCUT2D eigenvalue weighted by Gasteiger charge is 2.17. The van der Waals surface area contributed by atoms with Crippen molar-refractivity contribution in [1.82, 2.24) is 0 Å². The number of hydrogen-bond donors (Lipinski definition) is 2. The third kappa shape index (κ3) is 3.52. The van der Waals surface area contributed by atoms with Crippen LogP contribution >= 0.6 is 0 Å². The lowest BCUT2D eigenvalue weighted by Gasteiger charge is -2.15. The van der Waals surface area contributed by atoms with Crippen LogP contribution in [0.5, 0.6) is 11.5 Å². The second kappa shape index (κ2) is 6.76. The molecular formula is C16H18N2O3. The summed E-state index contributed by atoms with van der Waals surface area (Å²) in [6, 6.07) is 13.6. The Morgan fingerprint density at radius 2 is 1.81 bits per heavy atom. The number of methoxy groups -OCH3 is 2. The summed E-state index contributed by atoms with van der Waals surface area (Å²) in [4.78, 5) is 12.2. The molecule has 0 aromatic heterocycles. The van der Waals surface area contributed by atoms with Gasteiger partial charge in [0.2, 0.25) is 5.91 Å². The quantitative estimate of drug-likeness (QED) is 0.884. The molecule has 0 aliphatic heterocycles. The summed E-state index contributed by atoms with van der Waals surface area (Å²) in [7, 11) is 3.09. The number of hydrogen-bond acceptors (Lipinski definition) is 4. The Hall–Kier alpha value is -2.53. The Kier molecular flexibility index (Phi) is 4.79. The summed E-state index contributed by atoms with van der Waals surface area (Å²) in [6.07, 6.45) is 0. The first-order chi connectivity index (χ1) is 10.2. The van der Waals surface area contributed by atoms with Gasteiger partial charge in [-0.05, 0) is 17.7 Å². The van der Waals surface area contributed by atoms with E-state index in [4.69, 9.17) is 15.2 Å². The van der Waals surface area contributed by atoms with E-state index in [0.717, 1.165) is 5.56 Å². The average Bonchev–Trinajstić information content (AvgIpc) is 2.54. The first-order valence-corrected chi connectivity index (χ1v) is 6.49. The van der Waals surface area contributed by atoms with Crippen LogP contribution < -0.4 is 20.5 Å². The Morgan fingerprint density at radius 1 is 1.10 bits per heavy atom. The van der Waals surface area contributed by atoms with Crippen molar-refractivity contribution in [3.05, 3.63) is 54.1 Å². The van der Waals surface area contributed by atoms with Gasteiger partial charge in [-0.3, -0.25) is 4.79 Å². The van der Waals surface area contributed by atoms with Gasteiger partial charge in [0.15, 0.2) is 0 Å². The number of ether oxygens (including phenoxy) is 2. The first-order valence-electron chi connectivity index (χ1n) is 6.49. The number of amides is 1. The highest BCUT2D eigenvalue weighted by Crippen LogP contribution is 2.29. The minimum absolute atomic E-state index is 0.312. The Bertz CT molecular complexity index is 614. The molecule has 1 atom stereocenters. The van der Waals surface area contributed by atoms with Crippen molar-refractivity contribution in [1.29, 1.82) is 0 Å². The molecule has 0 saturated carbocycles. The van der Waals surface area contributed by atoms with Crippen LogP contribution in [0.1, 0.15) is 11.6 Å². The van der Waals surface area contributed by atoms with Gasteiger partial charge in [0.1, 0.15) is 17.5 Å². The number of anilines is 1. The highest BCUT2D eigenvalue weighted by atomic mass is 16.5. The second-order valence-electron chi connectivity index (χ2n) is 4.44. The molecule has 0 fully saturated rings. The molecule has 1 amide bonds. The molecule has 5 heteroatoms. The van der Waals surface area contributed by atoms with Crippen LogP contribution in [0.3, 0.4) is 0 Å². The summed E-state index contributed by atoms with van der Waals surface area (Å²) < 4.78 is 10.4. The van der Waals surface area contributed by atoms with Crippen LogP contribution in [-0.4, -0.2) is 20.1 Å². The van der Waals surface area contributed by atoms with Crippen LogP contribution in [0, 0.1) is 0 Å². The molecule has 0 unspecified atom stereocenters. The normalized spacial score (nSPS) is 11.6. The molecule has 21 heavy (non-hydrogen) atoms. The molecular weight excluding hydrogens is 268 g/mol. The van der Waals surface area contributed by atoms with E-state index in [0.29, 0.717) is 17.2 Å². The van der Waals surface area contributed by atoms with Gasteiger partial charge in [0.05, 0.1) is 19.9 Å². The summed E-state index contributed by atoms with van der Waals surface area (Å²) >= 11 is 0. The van der Waals surface area contributed by atoms with Crippen LogP contribution in [0.2, 0.25) is 0 Å². The number of carbonyl (C=O) groups excluding carboxylic acids is 1. The second-order valence-corrected chi connectivity index (χ2v) is 4.44. The van der Waals surface area contributed by atoms with Crippen molar-refractivity contribution in [3.8, 4) is 11.5 Å². The van der Waals surface area contributed by atoms with Crippen molar-refractivity contribution < 1.29 is 14.3 Å². The van der Waals surface area contributed by atoms with Crippen LogP contribution in [0.15, 0.2) is 48.5 Å². The molecule has 5 nitrogen and oxygen atoms in total. The van der Waals surface area contributed by atoms with E-state index in [1.807, 2.05) is 30.3 Å². The molecule has 0 aliphatic rings. The Balaban J connectivity index is 2.19. The van der Waals surface area contributed by atoms with E-state index in [1.165, 1.54) is 7.11 Å². The molecule has 0 bridgehead atoms. The summed E-state index contributed by atoms with van der Waals surface area (Å²) in [5, 5.41) is 2.77. The van der Waals surface area contributed by atoms with Gasteiger partial charge in [0.25, 0.3) is 0 Å². The van der Waals surface area contributed by atoms with Gasteiger partial charge in [-0.25, -0.2) is 0 Å². The molecule has 0 spiro atoms. The molecule has 110 valence electrons. The largest absolute Gasteiger partial charge is 0.497 e. The minimum atomic E-state index is -0.748. The Morgan fingerprint density at radius 3 is 2.43 bits per heavy atom. The molecule has 3 N–H and O–H groups in total. The monoisotopic (exact) mass is 286 g/mol. The molecule has 0 heterocycles. The summed E-state index contributed by atoms with van der Waals surface area (Å²) in [6.45, 7) is 0. The lowest BCUT2D eigenvalue weighted by Crippen LogP contribution is -2.27. The van der Waals surface area contributed by atoms with Gasteiger partial charge >= 0.3 is 0 Å². The lowest BCUT2D eigenvalue weighted by molar-refractivity contribution is -0.117. The predicted octanol–water partition coefficient (Wildman–Crippen LogP) is 2.34. The molecule has 0 saturated heterocycles. The van der Waals surface area contributed by atoms with E-state index in [1.54, 1.807) is 25.3 Å². The van der Waals surface area contributed by atoms with E-state index in [9.17, 15) is 4.79 Å². The molecule has 0 radical (unpaired) electrons. The van der Waals surface area contributed by atoms with E-state index >= 15 is 0 Å². The SMILES string of the molecule is COc1ccc(OC)c(NC(=O)[C@@H](N)c2ccccc2)c1. The fraction of sp³-hybridized carbons (Fsp3) is 0.188. The molecule has 2 rings (SSSR count). The number of carbonyl (C=O) groups is 1. The zero-order valence-electron chi connectivity index (χ0n) is 12.0. The van der Waals surface area contributed by atoms with Crippen LogP contribution in [-0.2, 0) is 4.79 Å². The summed E-state index contributed by atoms with van der Waals surface area (Å²) in [5.41, 5.74) is 7.23. The minimum Gasteiger partial charge on any atom is -0.497 e. The van der Waals surface area contributed by atoms with Gasteiger partial charge in [-0.1, -0.05) is 30.3 Å². The van der Waals surface area contributed by atoms with Gasteiger partial charge in [-0.2, -0.15) is 0 Å². The third-order valence-corrected chi connectivity index (χ3v) is 3.11. The van der Waals surface area contributed by atoms with Crippen LogP contribution in [0.25, 0.3) is 0 Å². The summed E-state index contributed by atoms with van der Waals surface area (Å²) in [5.74, 6) is 0.858. The maximum Gasteiger partial charge on any atom is 0.245 e.